The fraction of sp³-hybridized carbons (Fsp3) is 1.00. The highest BCUT2D eigenvalue weighted by Gasteiger charge is 2.14. The van der Waals surface area contributed by atoms with E-state index in [1.54, 1.807) is 0 Å². The maximum absolute atomic E-state index is 3.36. The molecule has 0 spiro atoms. The number of piperidine rings is 1. The highest BCUT2D eigenvalue weighted by molar-refractivity contribution is 4.70. The van der Waals surface area contributed by atoms with Gasteiger partial charge in [0.2, 0.25) is 0 Å². The minimum atomic E-state index is 0.892. The van der Waals surface area contributed by atoms with E-state index in [0.29, 0.717) is 0 Å². The molecule has 2 atom stereocenters. The van der Waals surface area contributed by atoms with Crippen LogP contribution in [0.25, 0.3) is 0 Å². The molecule has 8 heavy (non-hydrogen) atoms. The van der Waals surface area contributed by atoms with E-state index >= 15 is 0 Å². The second kappa shape index (κ2) is 2.49. The molecule has 0 aromatic heterocycles. The van der Waals surface area contributed by atoms with E-state index < -0.39 is 0 Å². The summed E-state index contributed by atoms with van der Waals surface area (Å²) in [6, 6.07) is 0. The van der Waals surface area contributed by atoms with Crippen LogP contribution in [0.4, 0.5) is 0 Å². The van der Waals surface area contributed by atoms with Crippen LogP contribution in [0.3, 0.4) is 0 Å². The molecule has 1 rings (SSSR count). The molecule has 0 amide bonds. The smallest absolute Gasteiger partial charge is 0.00206 e. The molecule has 48 valence electrons. The Hall–Kier alpha value is -0.0400. The predicted molar refractivity (Wildman–Crippen MR) is 35.8 cm³/mol. The first kappa shape index (κ1) is 6.09. The van der Waals surface area contributed by atoms with Crippen LogP contribution in [0.15, 0.2) is 0 Å². The average Bonchev–Trinajstić information content (AvgIpc) is 1.77. The van der Waals surface area contributed by atoms with Gasteiger partial charge in [0.25, 0.3) is 0 Å². The third-order valence-corrected chi connectivity index (χ3v) is 2.21. The largest absolute Gasteiger partial charge is 0.316 e. The Morgan fingerprint density at radius 1 is 1.25 bits per heavy atom. The van der Waals surface area contributed by atoms with Crippen LogP contribution in [0.2, 0.25) is 0 Å². The van der Waals surface area contributed by atoms with Crippen molar-refractivity contribution >= 4 is 0 Å². The van der Waals surface area contributed by atoms with E-state index in [1.165, 1.54) is 19.5 Å². The Balaban J connectivity index is 2.28. The third-order valence-electron chi connectivity index (χ3n) is 2.21. The van der Waals surface area contributed by atoms with Gasteiger partial charge in [-0.15, -0.1) is 0 Å². The molecule has 0 aromatic rings. The summed E-state index contributed by atoms with van der Waals surface area (Å²) in [6.07, 6.45) is 1.36. The molecule has 1 N–H and O–H groups in total. The second-order valence-corrected chi connectivity index (χ2v) is 2.95. The van der Waals surface area contributed by atoms with Gasteiger partial charge in [0.1, 0.15) is 0 Å². The van der Waals surface area contributed by atoms with Crippen LogP contribution < -0.4 is 5.32 Å². The third kappa shape index (κ3) is 1.22. The molecular weight excluding hydrogens is 98.1 g/mol. The Morgan fingerprint density at radius 2 is 2.00 bits per heavy atom. The molecule has 1 aliphatic heterocycles. The lowest BCUT2D eigenvalue weighted by atomic mass is 9.90. The van der Waals surface area contributed by atoms with Gasteiger partial charge in [0, 0.05) is 0 Å². The maximum atomic E-state index is 3.36. The van der Waals surface area contributed by atoms with Crippen molar-refractivity contribution in [1.82, 2.24) is 5.32 Å². The quantitative estimate of drug-likeness (QED) is 0.498. The van der Waals surface area contributed by atoms with Crippen LogP contribution >= 0.6 is 0 Å². The molecule has 1 heteroatoms. The van der Waals surface area contributed by atoms with Gasteiger partial charge in [-0.1, -0.05) is 13.8 Å². The summed E-state index contributed by atoms with van der Waals surface area (Å²) in [5.74, 6) is 1.83. The maximum Gasteiger partial charge on any atom is -0.00206 e. The Kier molecular flexibility index (Phi) is 1.90. The van der Waals surface area contributed by atoms with Crippen molar-refractivity contribution in [3.8, 4) is 0 Å². The van der Waals surface area contributed by atoms with Gasteiger partial charge in [-0.25, -0.2) is 0 Å². The van der Waals surface area contributed by atoms with Crippen molar-refractivity contribution in [2.45, 2.75) is 20.3 Å². The van der Waals surface area contributed by atoms with Gasteiger partial charge in [-0.3, -0.25) is 0 Å². The molecule has 0 radical (unpaired) electrons. The fourth-order valence-corrected chi connectivity index (χ4v) is 1.15. The number of nitrogens with one attached hydrogen (secondary N) is 1. The summed E-state index contributed by atoms with van der Waals surface area (Å²) >= 11 is 0. The summed E-state index contributed by atoms with van der Waals surface area (Å²) in [4.78, 5) is 0. The van der Waals surface area contributed by atoms with Crippen molar-refractivity contribution in [3.63, 3.8) is 0 Å². The van der Waals surface area contributed by atoms with Crippen LogP contribution in [0.5, 0.6) is 0 Å². The molecule has 0 saturated carbocycles. The van der Waals surface area contributed by atoms with E-state index in [2.05, 4.69) is 19.2 Å². The summed E-state index contributed by atoms with van der Waals surface area (Å²) < 4.78 is 0. The summed E-state index contributed by atoms with van der Waals surface area (Å²) in [7, 11) is 0. The van der Waals surface area contributed by atoms with Gasteiger partial charge in [-0.05, 0) is 31.3 Å². The van der Waals surface area contributed by atoms with Crippen molar-refractivity contribution in [1.29, 1.82) is 0 Å². The number of rotatable bonds is 0. The molecule has 2 unspecified atom stereocenters. The Labute approximate surface area is 51.5 Å². The first-order valence-electron chi connectivity index (χ1n) is 3.51. The summed E-state index contributed by atoms with van der Waals surface area (Å²) in [5, 5.41) is 3.36. The van der Waals surface area contributed by atoms with Crippen molar-refractivity contribution < 1.29 is 0 Å². The molecule has 0 aromatic carbocycles. The monoisotopic (exact) mass is 113 g/mol. The second-order valence-electron chi connectivity index (χ2n) is 2.95. The van der Waals surface area contributed by atoms with Crippen molar-refractivity contribution in [2.75, 3.05) is 13.1 Å². The van der Waals surface area contributed by atoms with Crippen molar-refractivity contribution in [3.05, 3.63) is 0 Å². The highest BCUT2D eigenvalue weighted by Crippen LogP contribution is 2.16. The van der Waals surface area contributed by atoms with Crippen LogP contribution in [0, 0.1) is 11.8 Å². The standard InChI is InChI=1S/C7H15N/c1-6-3-4-8-5-7(6)2/h6-8H,3-5H2,1-2H3. The minimum Gasteiger partial charge on any atom is -0.316 e. The lowest BCUT2D eigenvalue weighted by Gasteiger charge is -2.25. The van der Waals surface area contributed by atoms with E-state index in [1.807, 2.05) is 0 Å². The van der Waals surface area contributed by atoms with Gasteiger partial charge >= 0.3 is 0 Å². The molecule has 1 fully saturated rings. The van der Waals surface area contributed by atoms with Gasteiger partial charge < -0.3 is 5.32 Å². The molecule has 0 aliphatic carbocycles. The van der Waals surface area contributed by atoms with Crippen LogP contribution in [0.1, 0.15) is 20.3 Å². The Morgan fingerprint density at radius 3 is 2.38 bits per heavy atom. The summed E-state index contributed by atoms with van der Waals surface area (Å²) in [5.41, 5.74) is 0. The SMILES string of the molecule is CC1CCNCC1C. The summed E-state index contributed by atoms with van der Waals surface area (Å²) in [6.45, 7) is 7.11. The van der Waals surface area contributed by atoms with E-state index in [-0.39, 0.29) is 0 Å². The van der Waals surface area contributed by atoms with Gasteiger partial charge in [-0.2, -0.15) is 0 Å². The average molecular weight is 113 g/mol. The molecule has 1 heterocycles. The van der Waals surface area contributed by atoms with Gasteiger partial charge in [0.15, 0.2) is 0 Å². The molecule has 1 aliphatic rings. The first-order valence-corrected chi connectivity index (χ1v) is 3.51. The lowest BCUT2D eigenvalue weighted by Crippen LogP contribution is -2.33. The zero-order chi connectivity index (χ0) is 5.98. The molecule has 0 bridgehead atoms. The molecule has 1 saturated heterocycles. The zero-order valence-electron chi connectivity index (χ0n) is 5.78. The normalized spacial score (nSPS) is 39.8. The zero-order valence-corrected chi connectivity index (χ0v) is 5.78. The minimum absolute atomic E-state index is 0.892. The van der Waals surface area contributed by atoms with E-state index in [4.69, 9.17) is 0 Å². The van der Waals surface area contributed by atoms with E-state index in [9.17, 15) is 0 Å². The van der Waals surface area contributed by atoms with E-state index in [0.717, 1.165) is 11.8 Å². The first-order chi connectivity index (χ1) is 3.80. The topological polar surface area (TPSA) is 12.0 Å². The lowest BCUT2D eigenvalue weighted by molar-refractivity contribution is 0.295. The van der Waals surface area contributed by atoms with Gasteiger partial charge in [0.05, 0.1) is 0 Å². The van der Waals surface area contributed by atoms with Crippen LogP contribution in [-0.4, -0.2) is 13.1 Å². The van der Waals surface area contributed by atoms with Crippen molar-refractivity contribution in [2.24, 2.45) is 11.8 Å². The fourth-order valence-electron chi connectivity index (χ4n) is 1.15. The molecular formula is C7H15N. The molecule has 1 nitrogen and oxygen atoms in total. The highest BCUT2D eigenvalue weighted by atomic mass is 14.9. The number of hydrogen-bond donors (Lipinski definition) is 1. The number of hydrogen-bond acceptors (Lipinski definition) is 1. The predicted octanol–water partition coefficient (Wildman–Crippen LogP) is 1.25. The van der Waals surface area contributed by atoms with Crippen LogP contribution in [-0.2, 0) is 0 Å². The Bertz CT molecular complexity index is 60.8.